The van der Waals surface area contributed by atoms with Crippen LogP contribution in [0, 0.1) is 29.6 Å². The molecule has 0 bridgehead atoms. The molecule has 1 heterocycles. The predicted molar refractivity (Wildman–Crippen MR) is 96.9 cm³/mol. The Bertz CT molecular complexity index is 1030. The van der Waals surface area contributed by atoms with Crippen LogP contribution < -0.4 is 15.8 Å². The summed E-state index contributed by atoms with van der Waals surface area (Å²) in [7, 11) is 0. The van der Waals surface area contributed by atoms with Crippen molar-refractivity contribution in [3.63, 3.8) is 0 Å². The summed E-state index contributed by atoms with van der Waals surface area (Å²) in [5, 5.41) is 20.8. The number of nitrogen functional groups attached to an aromatic ring is 1. The molecule has 0 saturated heterocycles. The van der Waals surface area contributed by atoms with Gasteiger partial charge in [0.05, 0.1) is 29.5 Å². The fourth-order valence-electron chi connectivity index (χ4n) is 2.21. The second kappa shape index (κ2) is 7.20. The fourth-order valence-corrected chi connectivity index (χ4v) is 2.21. The molecular formula is C19H14N6O. The lowest BCUT2D eigenvalue weighted by Crippen LogP contribution is -2.02. The Hall–Kier alpha value is -4.10. The molecule has 126 valence electrons. The molecule has 3 rings (SSSR count). The quantitative estimate of drug-likeness (QED) is 0.742. The molecule has 0 radical (unpaired) electrons. The minimum atomic E-state index is 0.212. The highest BCUT2D eigenvalue weighted by molar-refractivity contribution is 5.58. The number of ether oxygens (including phenoxy) is 1. The topological polar surface area (TPSA) is 121 Å². The van der Waals surface area contributed by atoms with Crippen molar-refractivity contribution in [1.82, 2.24) is 9.97 Å². The molecule has 26 heavy (non-hydrogen) atoms. The zero-order chi connectivity index (χ0) is 18.5. The van der Waals surface area contributed by atoms with Crippen LogP contribution in [-0.2, 0) is 0 Å². The highest BCUT2D eigenvalue weighted by Gasteiger charge is 2.10. The number of hydrogen-bond donors (Lipinski definition) is 2. The highest BCUT2D eigenvalue weighted by atomic mass is 16.5. The molecule has 2 aromatic carbocycles. The molecule has 7 heteroatoms. The summed E-state index contributed by atoms with van der Waals surface area (Å²) in [5.74, 6) is 1.08. The monoisotopic (exact) mass is 342 g/mol. The molecule has 3 aromatic rings. The third-order valence-electron chi connectivity index (χ3n) is 3.56. The fraction of sp³-hybridized carbons (Fsp3) is 0.0526. The van der Waals surface area contributed by atoms with Gasteiger partial charge in [-0.15, -0.1) is 0 Å². The van der Waals surface area contributed by atoms with Crippen LogP contribution in [0.4, 0.5) is 17.3 Å². The Balaban J connectivity index is 1.83. The van der Waals surface area contributed by atoms with Gasteiger partial charge in [0, 0.05) is 5.69 Å². The van der Waals surface area contributed by atoms with E-state index in [-0.39, 0.29) is 5.88 Å². The second-order valence-electron chi connectivity index (χ2n) is 5.46. The summed E-state index contributed by atoms with van der Waals surface area (Å²) in [5.41, 5.74) is 8.84. The molecule has 0 aliphatic heterocycles. The first-order valence-corrected chi connectivity index (χ1v) is 7.67. The average Bonchev–Trinajstić information content (AvgIpc) is 2.66. The zero-order valence-electron chi connectivity index (χ0n) is 13.9. The maximum atomic E-state index is 8.94. The first kappa shape index (κ1) is 16.7. The van der Waals surface area contributed by atoms with Crippen molar-refractivity contribution in [3.05, 3.63) is 65.4 Å². The van der Waals surface area contributed by atoms with Gasteiger partial charge in [-0.3, -0.25) is 0 Å². The van der Waals surface area contributed by atoms with E-state index in [1.54, 1.807) is 42.5 Å². The van der Waals surface area contributed by atoms with Crippen LogP contribution in [0.2, 0.25) is 0 Å². The van der Waals surface area contributed by atoms with E-state index < -0.39 is 0 Å². The number of nitrogens with two attached hydrogens (primary N) is 1. The molecule has 7 nitrogen and oxygen atoms in total. The van der Waals surface area contributed by atoms with E-state index in [0.29, 0.717) is 28.5 Å². The number of hydrogen-bond acceptors (Lipinski definition) is 7. The van der Waals surface area contributed by atoms with Crippen LogP contribution in [0.15, 0.2) is 48.7 Å². The van der Waals surface area contributed by atoms with Crippen molar-refractivity contribution >= 4 is 17.3 Å². The molecular weight excluding hydrogens is 328 g/mol. The lowest BCUT2D eigenvalue weighted by molar-refractivity contribution is 0.461. The number of aromatic nitrogens is 2. The number of benzene rings is 2. The molecule has 0 fully saturated rings. The molecule has 0 unspecified atom stereocenters. The van der Waals surface area contributed by atoms with E-state index in [2.05, 4.69) is 27.4 Å². The van der Waals surface area contributed by atoms with Crippen molar-refractivity contribution < 1.29 is 4.74 Å². The standard InChI is InChI=1S/C19H14N6O/c1-12-8-14(10-21)4-7-17(12)26-18-16(22)11-23-19(25-18)24-15-5-2-13(9-20)3-6-15/h2-8,11H,22H2,1H3,(H,23,24,25). The Kier molecular flexibility index (Phi) is 4.64. The van der Waals surface area contributed by atoms with Crippen LogP contribution in [0.25, 0.3) is 0 Å². The van der Waals surface area contributed by atoms with E-state index in [1.165, 1.54) is 6.20 Å². The van der Waals surface area contributed by atoms with Crippen molar-refractivity contribution in [2.75, 3.05) is 11.1 Å². The predicted octanol–water partition coefficient (Wildman–Crippen LogP) is 3.65. The van der Waals surface area contributed by atoms with Gasteiger partial charge in [0.1, 0.15) is 11.4 Å². The first-order chi connectivity index (χ1) is 12.6. The Morgan fingerprint density at radius 2 is 1.73 bits per heavy atom. The van der Waals surface area contributed by atoms with Gasteiger partial charge in [-0.25, -0.2) is 4.98 Å². The van der Waals surface area contributed by atoms with Gasteiger partial charge >= 0.3 is 0 Å². The Morgan fingerprint density at radius 3 is 2.38 bits per heavy atom. The van der Waals surface area contributed by atoms with Crippen molar-refractivity contribution in [3.8, 4) is 23.8 Å². The zero-order valence-corrected chi connectivity index (χ0v) is 13.9. The van der Waals surface area contributed by atoms with Gasteiger partial charge in [-0.2, -0.15) is 15.5 Å². The van der Waals surface area contributed by atoms with Crippen molar-refractivity contribution in [2.45, 2.75) is 6.92 Å². The molecule has 3 N–H and O–H groups in total. The number of nitrogens with one attached hydrogen (secondary N) is 1. The largest absolute Gasteiger partial charge is 0.437 e. The third-order valence-corrected chi connectivity index (χ3v) is 3.56. The Labute approximate surface area is 150 Å². The van der Waals surface area contributed by atoms with Crippen LogP contribution >= 0.6 is 0 Å². The highest BCUT2D eigenvalue weighted by Crippen LogP contribution is 2.29. The lowest BCUT2D eigenvalue weighted by Gasteiger charge is -2.11. The summed E-state index contributed by atoms with van der Waals surface area (Å²) in [6.07, 6.45) is 1.45. The molecule has 0 spiro atoms. The normalized spacial score (nSPS) is 9.81. The van der Waals surface area contributed by atoms with Crippen LogP contribution in [0.3, 0.4) is 0 Å². The van der Waals surface area contributed by atoms with E-state index >= 15 is 0 Å². The van der Waals surface area contributed by atoms with E-state index in [0.717, 1.165) is 11.3 Å². The molecule has 1 aromatic heterocycles. The van der Waals surface area contributed by atoms with Crippen LogP contribution in [0.1, 0.15) is 16.7 Å². The first-order valence-electron chi connectivity index (χ1n) is 7.67. The van der Waals surface area contributed by atoms with Gasteiger partial charge < -0.3 is 15.8 Å². The van der Waals surface area contributed by atoms with Crippen LogP contribution in [0.5, 0.6) is 11.6 Å². The van der Waals surface area contributed by atoms with Crippen molar-refractivity contribution in [2.24, 2.45) is 0 Å². The molecule has 0 atom stereocenters. The third kappa shape index (κ3) is 3.69. The number of nitriles is 2. The summed E-state index contributed by atoms with van der Waals surface area (Å²) in [6.45, 7) is 1.84. The maximum Gasteiger partial charge on any atom is 0.247 e. The van der Waals surface area contributed by atoms with Crippen LogP contribution in [-0.4, -0.2) is 9.97 Å². The number of nitrogens with zero attached hydrogens (tertiary/aromatic N) is 4. The molecule has 0 aliphatic carbocycles. The number of anilines is 3. The van der Waals surface area contributed by atoms with Gasteiger partial charge in [-0.05, 0) is 55.0 Å². The van der Waals surface area contributed by atoms with E-state index in [9.17, 15) is 0 Å². The minimum Gasteiger partial charge on any atom is -0.437 e. The lowest BCUT2D eigenvalue weighted by atomic mass is 10.1. The minimum absolute atomic E-state index is 0.212. The van der Waals surface area contributed by atoms with E-state index in [1.807, 2.05) is 6.92 Å². The molecule has 0 aliphatic rings. The average molecular weight is 342 g/mol. The number of rotatable bonds is 4. The Morgan fingerprint density at radius 1 is 1.04 bits per heavy atom. The van der Waals surface area contributed by atoms with Gasteiger partial charge in [0.2, 0.25) is 11.8 Å². The smallest absolute Gasteiger partial charge is 0.247 e. The van der Waals surface area contributed by atoms with Gasteiger partial charge in [0.15, 0.2) is 0 Å². The maximum absolute atomic E-state index is 8.94. The molecule has 0 saturated carbocycles. The van der Waals surface area contributed by atoms with Crippen molar-refractivity contribution in [1.29, 1.82) is 10.5 Å². The van der Waals surface area contributed by atoms with Gasteiger partial charge in [0.25, 0.3) is 0 Å². The summed E-state index contributed by atoms with van der Waals surface area (Å²) >= 11 is 0. The SMILES string of the molecule is Cc1cc(C#N)ccc1Oc1nc(Nc2ccc(C#N)cc2)ncc1N. The summed E-state index contributed by atoms with van der Waals surface area (Å²) in [6, 6.07) is 16.1. The summed E-state index contributed by atoms with van der Waals surface area (Å²) < 4.78 is 5.79. The summed E-state index contributed by atoms with van der Waals surface area (Å²) in [4.78, 5) is 8.42. The molecule has 0 amide bonds. The van der Waals surface area contributed by atoms with Gasteiger partial charge in [-0.1, -0.05) is 0 Å². The second-order valence-corrected chi connectivity index (χ2v) is 5.46. The van der Waals surface area contributed by atoms with E-state index in [4.69, 9.17) is 21.0 Å². The number of aryl methyl sites for hydroxylation is 1.